The summed E-state index contributed by atoms with van der Waals surface area (Å²) in [7, 11) is 0. The van der Waals surface area contributed by atoms with Crippen molar-refractivity contribution in [3.63, 3.8) is 0 Å². The number of anilines is 1. The molecule has 1 amide bonds. The van der Waals surface area contributed by atoms with Crippen molar-refractivity contribution in [2.75, 3.05) is 5.43 Å². The summed E-state index contributed by atoms with van der Waals surface area (Å²) in [5.41, 5.74) is 11.8. The van der Waals surface area contributed by atoms with Crippen LogP contribution < -0.4 is 16.6 Å². The molecular weight excluding hydrogens is 216 g/mol. The van der Waals surface area contributed by atoms with Gasteiger partial charge in [-0.3, -0.25) is 21.1 Å². The van der Waals surface area contributed by atoms with Gasteiger partial charge in [0.2, 0.25) is 5.91 Å². The van der Waals surface area contributed by atoms with Crippen molar-refractivity contribution in [1.82, 2.24) is 5.43 Å². The van der Waals surface area contributed by atoms with Crippen LogP contribution >= 0.6 is 12.4 Å². The van der Waals surface area contributed by atoms with Crippen molar-refractivity contribution in [2.24, 2.45) is 5.73 Å². The molecule has 0 aromatic heterocycles. The standard InChI is InChI=1S/C9H12N4O.ClH/c1-6(14)12-13-8-4-2-7(3-5-8)9(10)11;/h2-5,13H,1H3,(H3,10,11)(H,12,14);1H. The lowest BCUT2D eigenvalue weighted by atomic mass is 10.2. The number of carbonyl (C=O) groups excluding carboxylic acids is 1. The van der Waals surface area contributed by atoms with E-state index >= 15 is 0 Å². The largest absolute Gasteiger partial charge is 0.384 e. The Kier molecular flexibility index (Phi) is 5.19. The number of nitrogen functional groups attached to an aromatic ring is 1. The van der Waals surface area contributed by atoms with Crippen LogP contribution in [-0.2, 0) is 4.79 Å². The van der Waals surface area contributed by atoms with Gasteiger partial charge in [0, 0.05) is 12.5 Å². The zero-order valence-electron chi connectivity index (χ0n) is 8.20. The Morgan fingerprint density at radius 2 is 1.87 bits per heavy atom. The number of halogens is 1. The van der Waals surface area contributed by atoms with Crippen molar-refractivity contribution in [3.05, 3.63) is 29.8 Å². The Morgan fingerprint density at radius 3 is 2.27 bits per heavy atom. The maximum Gasteiger partial charge on any atom is 0.235 e. The Hall–Kier alpha value is -1.75. The predicted octanol–water partition coefficient (Wildman–Crippen LogP) is 0.855. The molecule has 5 nitrogen and oxygen atoms in total. The topological polar surface area (TPSA) is 91.0 Å². The molecule has 0 atom stereocenters. The first kappa shape index (κ1) is 13.2. The molecule has 0 spiro atoms. The SMILES string of the molecule is CC(=O)NNc1ccc(C(=N)N)cc1.Cl. The summed E-state index contributed by atoms with van der Waals surface area (Å²) in [5.74, 6) is -0.142. The molecule has 1 rings (SSSR count). The lowest BCUT2D eigenvalue weighted by Crippen LogP contribution is -2.26. The first-order valence-electron chi connectivity index (χ1n) is 4.06. The highest BCUT2D eigenvalue weighted by molar-refractivity contribution is 5.95. The maximum atomic E-state index is 10.6. The van der Waals surface area contributed by atoms with Crippen molar-refractivity contribution in [2.45, 2.75) is 6.92 Å². The van der Waals surface area contributed by atoms with E-state index in [1.54, 1.807) is 24.3 Å². The fraction of sp³-hybridized carbons (Fsp3) is 0.111. The van der Waals surface area contributed by atoms with Gasteiger partial charge in [-0.1, -0.05) is 0 Å². The third-order valence-electron chi connectivity index (χ3n) is 1.58. The van der Waals surface area contributed by atoms with Gasteiger partial charge in [0.05, 0.1) is 5.69 Å². The van der Waals surface area contributed by atoms with Crippen LogP contribution in [0.15, 0.2) is 24.3 Å². The summed E-state index contributed by atoms with van der Waals surface area (Å²) in [6.45, 7) is 1.41. The third kappa shape index (κ3) is 4.33. The minimum absolute atomic E-state index is 0. The van der Waals surface area contributed by atoms with Gasteiger partial charge in [-0.2, -0.15) is 0 Å². The maximum absolute atomic E-state index is 10.6. The van der Waals surface area contributed by atoms with E-state index in [0.717, 1.165) is 5.69 Å². The number of rotatable bonds is 3. The van der Waals surface area contributed by atoms with E-state index in [9.17, 15) is 4.79 Å². The van der Waals surface area contributed by atoms with Crippen LogP contribution in [-0.4, -0.2) is 11.7 Å². The number of nitrogens with one attached hydrogen (secondary N) is 3. The van der Waals surface area contributed by atoms with Crippen LogP contribution in [0.1, 0.15) is 12.5 Å². The van der Waals surface area contributed by atoms with Crippen LogP contribution in [0.4, 0.5) is 5.69 Å². The van der Waals surface area contributed by atoms with E-state index < -0.39 is 0 Å². The monoisotopic (exact) mass is 228 g/mol. The van der Waals surface area contributed by atoms with Gasteiger partial charge in [0.1, 0.15) is 5.84 Å². The van der Waals surface area contributed by atoms with Crippen molar-refractivity contribution in [3.8, 4) is 0 Å². The van der Waals surface area contributed by atoms with Crippen molar-refractivity contribution < 1.29 is 4.79 Å². The van der Waals surface area contributed by atoms with E-state index in [0.29, 0.717) is 5.56 Å². The number of hydrazine groups is 1. The molecule has 0 aliphatic heterocycles. The van der Waals surface area contributed by atoms with E-state index in [2.05, 4.69) is 10.9 Å². The fourth-order valence-corrected chi connectivity index (χ4v) is 0.893. The highest BCUT2D eigenvalue weighted by atomic mass is 35.5. The van der Waals surface area contributed by atoms with Crippen LogP contribution in [0.2, 0.25) is 0 Å². The van der Waals surface area contributed by atoms with Gasteiger partial charge >= 0.3 is 0 Å². The molecule has 1 aromatic rings. The van der Waals surface area contributed by atoms with Crippen LogP contribution in [0.3, 0.4) is 0 Å². The average Bonchev–Trinajstić information content (AvgIpc) is 2.15. The molecule has 1 aromatic carbocycles. The number of amidine groups is 1. The smallest absolute Gasteiger partial charge is 0.235 e. The van der Waals surface area contributed by atoms with Crippen LogP contribution in [0, 0.1) is 5.41 Å². The second-order valence-electron chi connectivity index (χ2n) is 2.80. The molecule has 0 aliphatic rings. The molecule has 0 unspecified atom stereocenters. The lowest BCUT2D eigenvalue weighted by Gasteiger charge is -2.06. The summed E-state index contributed by atoms with van der Waals surface area (Å²) >= 11 is 0. The van der Waals surface area contributed by atoms with Crippen LogP contribution in [0.5, 0.6) is 0 Å². The van der Waals surface area contributed by atoms with Crippen molar-refractivity contribution >= 4 is 29.8 Å². The highest BCUT2D eigenvalue weighted by Gasteiger charge is 1.96. The Bertz CT molecular complexity index is 350. The summed E-state index contributed by atoms with van der Waals surface area (Å²) < 4.78 is 0. The molecule has 0 fully saturated rings. The summed E-state index contributed by atoms with van der Waals surface area (Å²) in [6.07, 6.45) is 0. The molecule has 0 saturated carbocycles. The van der Waals surface area contributed by atoms with E-state index in [4.69, 9.17) is 11.1 Å². The molecule has 6 heteroatoms. The van der Waals surface area contributed by atoms with Gasteiger partial charge in [-0.05, 0) is 24.3 Å². The second-order valence-corrected chi connectivity index (χ2v) is 2.80. The van der Waals surface area contributed by atoms with E-state index in [1.165, 1.54) is 6.92 Å². The van der Waals surface area contributed by atoms with Crippen LogP contribution in [0.25, 0.3) is 0 Å². The van der Waals surface area contributed by atoms with Gasteiger partial charge < -0.3 is 5.73 Å². The first-order valence-corrected chi connectivity index (χ1v) is 4.06. The second kappa shape index (κ2) is 5.87. The Balaban J connectivity index is 0.00000196. The number of nitrogens with two attached hydrogens (primary N) is 1. The number of amides is 1. The molecule has 0 radical (unpaired) electrons. The normalized spacial score (nSPS) is 8.60. The fourth-order valence-electron chi connectivity index (χ4n) is 0.893. The van der Waals surface area contributed by atoms with E-state index in [-0.39, 0.29) is 24.1 Å². The molecular formula is C9H13ClN4O. The minimum atomic E-state index is -0.166. The Labute approximate surface area is 93.9 Å². The molecule has 0 heterocycles. The van der Waals surface area contributed by atoms with Gasteiger partial charge in [-0.15, -0.1) is 12.4 Å². The number of benzene rings is 1. The molecule has 0 bridgehead atoms. The molecule has 15 heavy (non-hydrogen) atoms. The molecule has 5 N–H and O–H groups in total. The summed E-state index contributed by atoms with van der Waals surface area (Å²) in [4.78, 5) is 10.6. The lowest BCUT2D eigenvalue weighted by molar-refractivity contribution is -0.118. The number of hydrogen-bond donors (Lipinski definition) is 4. The minimum Gasteiger partial charge on any atom is -0.384 e. The zero-order valence-corrected chi connectivity index (χ0v) is 9.02. The predicted molar refractivity (Wildman–Crippen MR) is 62.1 cm³/mol. The zero-order chi connectivity index (χ0) is 10.6. The van der Waals surface area contributed by atoms with Gasteiger partial charge in [0.25, 0.3) is 0 Å². The van der Waals surface area contributed by atoms with E-state index in [1.807, 2.05) is 0 Å². The van der Waals surface area contributed by atoms with Gasteiger partial charge in [-0.25, -0.2) is 0 Å². The third-order valence-corrected chi connectivity index (χ3v) is 1.58. The molecule has 82 valence electrons. The first-order chi connectivity index (χ1) is 6.59. The average molecular weight is 229 g/mol. The molecule has 0 saturated heterocycles. The van der Waals surface area contributed by atoms with Gasteiger partial charge in [0.15, 0.2) is 0 Å². The summed E-state index contributed by atoms with van der Waals surface area (Å²) in [5, 5.41) is 7.16. The van der Waals surface area contributed by atoms with Crippen molar-refractivity contribution in [1.29, 1.82) is 5.41 Å². The quantitative estimate of drug-likeness (QED) is 0.351. The Morgan fingerprint density at radius 1 is 1.33 bits per heavy atom. The molecule has 0 aliphatic carbocycles. The number of carbonyl (C=O) groups is 1. The highest BCUT2D eigenvalue weighted by Crippen LogP contribution is 2.07. The number of hydrogen-bond acceptors (Lipinski definition) is 3. The summed E-state index contributed by atoms with van der Waals surface area (Å²) in [6, 6.07) is 6.86.